The highest BCUT2D eigenvalue weighted by Gasteiger charge is 2.30. The molecule has 11 heteroatoms. The van der Waals surface area contributed by atoms with Crippen LogP contribution in [0.3, 0.4) is 0 Å². The van der Waals surface area contributed by atoms with E-state index in [1.54, 1.807) is 0 Å². The minimum absolute atomic E-state index is 0.0335. The molecule has 2 rings (SSSR count). The summed E-state index contributed by atoms with van der Waals surface area (Å²) in [6, 6.07) is 5.39. The van der Waals surface area contributed by atoms with E-state index in [-0.39, 0.29) is 24.5 Å². The van der Waals surface area contributed by atoms with Gasteiger partial charge in [0.2, 0.25) is 5.43 Å². The summed E-state index contributed by atoms with van der Waals surface area (Å²) in [7, 11) is 0. The number of rotatable bonds is 7. The Balaban J connectivity index is 2.24. The molecule has 0 saturated heterocycles. The molecule has 0 atom stereocenters. The molecule has 0 bridgehead atoms. The number of alkyl halides is 3. The van der Waals surface area contributed by atoms with Crippen molar-refractivity contribution in [3.05, 3.63) is 57.5 Å². The summed E-state index contributed by atoms with van der Waals surface area (Å²) in [6.07, 6.45) is -4.56. The number of hydrogen-bond donors (Lipinski definition) is 2. The van der Waals surface area contributed by atoms with Crippen molar-refractivity contribution in [1.29, 1.82) is 0 Å². The molecule has 1 heterocycles. The predicted molar refractivity (Wildman–Crippen MR) is 90.4 cm³/mol. The smallest absolute Gasteiger partial charge is 0.416 e. The van der Waals surface area contributed by atoms with Gasteiger partial charge in [-0.3, -0.25) is 9.59 Å². The summed E-state index contributed by atoms with van der Waals surface area (Å²) < 4.78 is 44.6. The number of ether oxygens (including phenoxy) is 1. The van der Waals surface area contributed by atoms with E-state index < -0.39 is 41.3 Å². The summed E-state index contributed by atoms with van der Waals surface area (Å²) >= 11 is 0. The first kappa shape index (κ1) is 21.1. The molecular formula is C17H16F3N3O5. The second kappa shape index (κ2) is 8.65. The predicted octanol–water partition coefficient (Wildman–Crippen LogP) is 1.39. The van der Waals surface area contributed by atoms with Gasteiger partial charge in [0.05, 0.1) is 17.9 Å². The molecule has 0 unspecified atom stereocenters. The van der Waals surface area contributed by atoms with Gasteiger partial charge >= 0.3 is 12.1 Å². The number of aromatic nitrogens is 2. The molecule has 1 aromatic carbocycles. The number of aliphatic carboxylic acids is 1. The van der Waals surface area contributed by atoms with E-state index in [0.29, 0.717) is 0 Å². The number of halogens is 3. The Morgan fingerprint density at radius 1 is 1.29 bits per heavy atom. The van der Waals surface area contributed by atoms with Crippen molar-refractivity contribution >= 4 is 11.9 Å². The van der Waals surface area contributed by atoms with Gasteiger partial charge in [0.1, 0.15) is 6.61 Å². The number of amides is 1. The number of aryl methyl sites for hydroxylation is 1. The molecule has 28 heavy (non-hydrogen) atoms. The lowest BCUT2D eigenvalue weighted by atomic mass is 10.2. The second-order valence-electron chi connectivity index (χ2n) is 5.66. The molecule has 0 saturated carbocycles. The normalized spacial score (nSPS) is 11.3. The fourth-order valence-electron chi connectivity index (χ4n) is 2.26. The van der Waals surface area contributed by atoms with Crippen molar-refractivity contribution in [2.75, 3.05) is 19.8 Å². The van der Waals surface area contributed by atoms with E-state index in [1.807, 2.05) is 0 Å². The number of hydrogen-bond acceptors (Lipinski definition) is 5. The Morgan fingerprint density at radius 2 is 2.00 bits per heavy atom. The summed E-state index contributed by atoms with van der Waals surface area (Å²) in [5.41, 5.74) is -1.84. The zero-order valence-electron chi connectivity index (χ0n) is 14.6. The van der Waals surface area contributed by atoms with Crippen LogP contribution in [0.15, 0.2) is 35.1 Å². The minimum Gasteiger partial charge on any atom is -0.480 e. The molecule has 0 fully saturated rings. The number of nitrogens with one attached hydrogen (secondary N) is 1. The molecule has 1 amide bonds. The van der Waals surface area contributed by atoms with Gasteiger partial charge in [0.15, 0.2) is 5.69 Å². The van der Waals surface area contributed by atoms with Gasteiger partial charge in [-0.05, 0) is 25.1 Å². The van der Waals surface area contributed by atoms with E-state index >= 15 is 0 Å². The molecule has 150 valence electrons. The fraction of sp³-hybridized carbons (Fsp3) is 0.294. The van der Waals surface area contributed by atoms with Gasteiger partial charge in [-0.15, -0.1) is 0 Å². The third kappa shape index (κ3) is 5.39. The van der Waals surface area contributed by atoms with Gasteiger partial charge in [0.25, 0.3) is 5.91 Å². The number of benzene rings is 1. The van der Waals surface area contributed by atoms with Crippen LogP contribution in [0, 0.1) is 6.92 Å². The lowest BCUT2D eigenvalue weighted by Crippen LogP contribution is -2.34. The van der Waals surface area contributed by atoms with Crippen molar-refractivity contribution in [2.24, 2.45) is 0 Å². The van der Waals surface area contributed by atoms with Crippen molar-refractivity contribution in [1.82, 2.24) is 15.1 Å². The minimum atomic E-state index is -4.56. The van der Waals surface area contributed by atoms with Crippen molar-refractivity contribution < 1.29 is 32.6 Å². The monoisotopic (exact) mass is 399 g/mol. The highest BCUT2D eigenvalue weighted by molar-refractivity contribution is 5.92. The first-order valence-electron chi connectivity index (χ1n) is 7.96. The molecule has 2 aromatic rings. The number of nitrogens with zero attached hydrogens (tertiary/aromatic N) is 2. The summed E-state index contributed by atoms with van der Waals surface area (Å²) in [5.74, 6) is -2.03. The average Bonchev–Trinajstić information content (AvgIpc) is 2.60. The highest BCUT2D eigenvalue weighted by atomic mass is 19.4. The largest absolute Gasteiger partial charge is 0.480 e. The average molecular weight is 399 g/mol. The Hall–Kier alpha value is -3.21. The molecule has 0 aliphatic heterocycles. The fourth-order valence-corrected chi connectivity index (χ4v) is 2.26. The first-order chi connectivity index (χ1) is 13.1. The molecule has 2 N–H and O–H groups in total. The SMILES string of the molecule is Cc1cc(=O)c(C(=O)NCCOCC(=O)O)nn1-c1cccc(C(F)(F)F)c1. The number of carboxylic acids is 1. The lowest BCUT2D eigenvalue weighted by molar-refractivity contribution is -0.142. The van der Waals surface area contributed by atoms with E-state index in [2.05, 4.69) is 10.4 Å². The Morgan fingerprint density at radius 3 is 2.64 bits per heavy atom. The maximum atomic E-state index is 12.9. The quantitative estimate of drug-likeness (QED) is 0.681. The Labute approximate surface area is 156 Å². The van der Waals surface area contributed by atoms with Crippen LogP contribution in [0.4, 0.5) is 13.2 Å². The van der Waals surface area contributed by atoms with Crippen LogP contribution >= 0.6 is 0 Å². The van der Waals surface area contributed by atoms with Crippen molar-refractivity contribution in [3.63, 3.8) is 0 Å². The summed E-state index contributed by atoms with van der Waals surface area (Å²) in [4.78, 5) is 34.5. The van der Waals surface area contributed by atoms with E-state index in [0.717, 1.165) is 22.9 Å². The third-order valence-electron chi connectivity index (χ3n) is 3.50. The zero-order valence-corrected chi connectivity index (χ0v) is 14.6. The van der Waals surface area contributed by atoms with E-state index in [9.17, 15) is 27.6 Å². The first-order valence-corrected chi connectivity index (χ1v) is 7.96. The lowest BCUT2D eigenvalue weighted by Gasteiger charge is -2.13. The van der Waals surface area contributed by atoms with Gasteiger partial charge < -0.3 is 15.2 Å². The number of carboxylic acid groups (broad SMARTS) is 1. The maximum Gasteiger partial charge on any atom is 0.416 e. The van der Waals surface area contributed by atoms with Crippen LogP contribution in [-0.4, -0.2) is 46.5 Å². The summed E-state index contributed by atoms with van der Waals surface area (Å²) in [6.45, 7) is 0.744. The van der Waals surface area contributed by atoms with E-state index in [4.69, 9.17) is 9.84 Å². The third-order valence-corrected chi connectivity index (χ3v) is 3.50. The van der Waals surface area contributed by atoms with Crippen LogP contribution in [0.5, 0.6) is 0 Å². The van der Waals surface area contributed by atoms with Crippen molar-refractivity contribution in [2.45, 2.75) is 13.1 Å². The van der Waals surface area contributed by atoms with Gasteiger partial charge in [-0.1, -0.05) is 6.07 Å². The van der Waals surface area contributed by atoms with Crippen LogP contribution in [-0.2, 0) is 15.7 Å². The molecule has 0 aliphatic rings. The number of carbonyl (C=O) groups is 2. The molecule has 0 spiro atoms. The molecular weight excluding hydrogens is 383 g/mol. The van der Waals surface area contributed by atoms with Gasteiger partial charge in [0, 0.05) is 18.3 Å². The Bertz CT molecular complexity index is 940. The maximum absolute atomic E-state index is 12.9. The molecule has 1 aromatic heterocycles. The molecule has 8 nitrogen and oxygen atoms in total. The Kier molecular flexibility index (Phi) is 6.52. The number of carbonyl (C=O) groups excluding carboxylic acids is 1. The molecule has 0 radical (unpaired) electrons. The summed E-state index contributed by atoms with van der Waals surface area (Å²) in [5, 5.41) is 14.7. The van der Waals surface area contributed by atoms with Crippen LogP contribution < -0.4 is 10.7 Å². The second-order valence-corrected chi connectivity index (χ2v) is 5.66. The van der Waals surface area contributed by atoms with Crippen LogP contribution in [0.1, 0.15) is 21.7 Å². The highest BCUT2D eigenvalue weighted by Crippen LogP contribution is 2.30. The van der Waals surface area contributed by atoms with Crippen LogP contribution in [0.2, 0.25) is 0 Å². The van der Waals surface area contributed by atoms with E-state index in [1.165, 1.54) is 19.1 Å². The topological polar surface area (TPSA) is 111 Å². The molecule has 0 aliphatic carbocycles. The van der Waals surface area contributed by atoms with Crippen LogP contribution in [0.25, 0.3) is 5.69 Å². The van der Waals surface area contributed by atoms with Crippen molar-refractivity contribution in [3.8, 4) is 5.69 Å². The zero-order chi connectivity index (χ0) is 20.9. The van der Waals surface area contributed by atoms with Gasteiger partial charge in [-0.25, -0.2) is 9.48 Å². The standard InChI is InChI=1S/C17H16F3N3O5/c1-10-7-13(24)15(16(27)21-5-6-28-9-14(25)26)22-23(10)12-4-2-3-11(8-12)17(18,19)20/h2-4,7-8H,5-6,9H2,1H3,(H,21,27)(H,25,26). The van der Waals surface area contributed by atoms with Gasteiger partial charge in [-0.2, -0.15) is 18.3 Å².